The van der Waals surface area contributed by atoms with Crippen molar-refractivity contribution in [3.05, 3.63) is 34.6 Å². The van der Waals surface area contributed by atoms with Gasteiger partial charge in [-0.2, -0.15) is 0 Å². The lowest BCUT2D eigenvalue weighted by atomic mass is 10.2. The fourth-order valence-electron chi connectivity index (χ4n) is 0.876. The van der Waals surface area contributed by atoms with E-state index >= 15 is 0 Å². The number of carbonyl (C=O) groups excluding carboxylic acids is 1. The van der Waals surface area contributed by atoms with Gasteiger partial charge in [-0.1, -0.05) is 17.5 Å². The highest BCUT2D eigenvalue weighted by Gasteiger charge is 2.00. The van der Waals surface area contributed by atoms with Crippen molar-refractivity contribution >= 4 is 17.6 Å². The SMILES string of the molecule is CCOC(=O)C#Cc1ccc(Cl)cc1F. The van der Waals surface area contributed by atoms with E-state index < -0.39 is 11.8 Å². The van der Waals surface area contributed by atoms with Crippen LogP contribution in [0.15, 0.2) is 18.2 Å². The summed E-state index contributed by atoms with van der Waals surface area (Å²) in [6, 6.07) is 4.04. The smallest absolute Gasteiger partial charge is 0.384 e. The van der Waals surface area contributed by atoms with E-state index in [-0.39, 0.29) is 17.2 Å². The molecule has 1 aromatic carbocycles. The van der Waals surface area contributed by atoms with Crippen LogP contribution in [0.1, 0.15) is 12.5 Å². The lowest BCUT2D eigenvalue weighted by Gasteiger charge is -1.94. The molecule has 0 amide bonds. The summed E-state index contributed by atoms with van der Waals surface area (Å²) in [5.74, 6) is 3.30. The van der Waals surface area contributed by atoms with Crippen molar-refractivity contribution in [1.29, 1.82) is 0 Å². The fourth-order valence-corrected chi connectivity index (χ4v) is 1.04. The Balaban J connectivity index is 2.84. The second kappa shape index (κ2) is 5.38. The molecule has 1 rings (SSSR count). The van der Waals surface area contributed by atoms with Crippen LogP contribution in [-0.4, -0.2) is 12.6 Å². The predicted octanol–water partition coefficient (Wildman–Crippen LogP) is 2.39. The Kier molecular flexibility index (Phi) is 4.14. The van der Waals surface area contributed by atoms with Crippen molar-refractivity contribution in [1.82, 2.24) is 0 Å². The van der Waals surface area contributed by atoms with Gasteiger partial charge in [0.05, 0.1) is 12.2 Å². The zero-order chi connectivity index (χ0) is 11.3. The zero-order valence-electron chi connectivity index (χ0n) is 8.01. The van der Waals surface area contributed by atoms with Gasteiger partial charge in [-0.3, -0.25) is 0 Å². The zero-order valence-corrected chi connectivity index (χ0v) is 8.77. The number of benzene rings is 1. The maximum atomic E-state index is 13.1. The highest BCUT2D eigenvalue weighted by atomic mass is 35.5. The van der Waals surface area contributed by atoms with Gasteiger partial charge in [0.2, 0.25) is 0 Å². The minimum atomic E-state index is -0.674. The Morgan fingerprint density at radius 3 is 2.93 bits per heavy atom. The van der Waals surface area contributed by atoms with Crippen molar-refractivity contribution in [2.75, 3.05) is 6.61 Å². The third-order valence-electron chi connectivity index (χ3n) is 1.51. The van der Waals surface area contributed by atoms with E-state index in [0.717, 1.165) is 6.07 Å². The maximum absolute atomic E-state index is 13.1. The van der Waals surface area contributed by atoms with Crippen molar-refractivity contribution in [3.63, 3.8) is 0 Å². The van der Waals surface area contributed by atoms with E-state index in [0.29, 0.717) is 0 Å². The van der Waals surface area contributed by atoms with Crippen LogP contribution >= 0.6 is 11.6 Å². The molecule has 0 radical (unpaired) electrons. The van der Waals surface area contributed by atoms with E-state index in [9.17, 15) is 9.18 Å². The van der Waals surface area contributed by atoms with Crippen LogP contribution in [0.25, 0.3) is 0 Å². The topological polar surface area (TPSA) is 26.3 Å². The summed E-state index contributed by atoms with van der Waals surface area (Å²) in [6.07, 6.45) is 0. The molecule has 0 saturated heterocycles. The Morgan fingerprint density at radius 1 is 1.60 bits per heavy atom. The van der Waals surface area contributed by atoms with E-state index in [2.05, 4.69) is 16.6 Å². The summed E-state index contributed by atoms with van der Waals surface area (Å²) in [4.78, 5) is 10.9. The summed E-state index contributed by atoms with van der Waals surface area (Å²) < 4.78 is 17.7. The molecule has 0 N–H and O–H groups in total. The van der Waals surface area contributed by atoms with Crippen molar-refractivity contribution in [3.8, 4) is 11.8 Å². The Labute approximate surface area is 92.0 Å². The van der Waals surface area contributed by atoms with Crippen LogP contribution in [0.5, 0.6) is 0 Å². The van der Waals surface area contributed by atoms with E-state index in [1.807, 2.05) is 0 Å². The third-order valence-corrected chi connectivity index (χ3v) is 1.74. The molecule has 0 unspecified atom stereocenters. The molecule has 1 aromatic rings. The first-order valence-corrected chi connectivity index (χ1v) is 4.65. The molecule has 0 aliphatic rings. The molecular formula is C11H8ClFO2. The van der Waals surface area contributed by atoms with Crippen LogP contribution < -0.4 is 0 Å². The summed E-state index contributed by atoms with van der Waals surface area (Å²) in [5.41, 5.74) is 0.118. The molecular weight excluding hydrogens is 219 g/mol. The quantitative estimate of drug-likeness (QED) is 0.543. The lowest BCUT2D eigenvalue weighted by Crippen LogP contribution is -1.99. The average Bonchev–Trinajstić information content (AvgIpc) is 2.17. The van der Waals surface area contributed by atoms with Gasteiger partial charge in [-0.25, -0.2) is 9.18 Å². The normalized spacial score (nSPS) is 9.00. The molecule has 0 saturated carbocycles. The van der Waals surface area contributed by atoms with Crippen LogP contribution in [0.3, 0.4) is 0 Å². The highest BCUT2D eigenvalue weighted by Crippen LogP contribution is 2.13. The van der Waals surface area contributed by atoms with Crippen LogP contribution in [-0.2, 0) is 9.53 Å². The number of ether oxygens (including phenoxy) is 1. The summed E-state index contributed by atoms with van der Waals surface area (Å²) >= 11 is 5.55. The molecule has 0 aliphatic carbocycles. The van der Waals surface area contributed by atoms with Crippen LogP contribution in [0.4, 0.5) is 4.39 Å². The van der Waals surface area contributed by atoms with Crippen LogP contribution in [0, 0.1) is 17.7 Å². The first-order valence-electron chi connectivity index (χ1n) is 4.27. The summed E-state index contributed by atoms with van der Waals surface area (Å²) in [6.45, 7) is 1.92. The number of carbonyl (C=O) groups is 1. The molecule has 0 fully saturated rings. The molecule has 15 heavy (non-hydrogen) atoms. The lowest BCUT2D eigenvalue weighted by molar-refractivity contribution is -0.136. The molecule has 0 bridgehead atoms. The minimum absolute atomic E-state index is 0.118. The maximum Gasteiger partial charge on any atom is 0.384 e. The number of hydrogen-bond acceptors (Lipinski definition) is 2. The molecule has 78 valence electrons. The summed E-state index contributed by atoms with van der Waals surface area (Å²) in [5, 5.41) is 0.286. The number of hydrogen-bond donors (Lipinski definition) is 0. The molecule has 0 aliphatic heterocycles. The molecule has 0 heterocycles. The van der Waals surface area contributed by atoms with Crippen LogP contribution in [0.2, 0.25) is 5.02 Å². The van der Waals surface area contributed by atoms with E-state index in [1.54, 1.807) is 6.92 Å². The molecule has 0 atom stereocenters. The third kappa shape index (κ3) is 3.61. The largest absolute Gasteiger partial charge is 0.456 e. The molecule has 0 spiro atoms. The van der Waals surface area contributed by atoms with E-state index in [1.165, 1.54) is 12.1 Å². The van der Waals surface area contributed by atoms with Gasteiger partial charge >= 0.3 is 5.97 Å². The standard InChI is InChI=1S/C11H8ClFO2/c1-2-15-11(14)6-4-8-3-5-9(12)7-10(8)13/h3,5,7H,2H2,1H3. The minimum Gasteiger partial charge on any atom is -0.456 e. The Hall–Kier alpha value is -1.53. The predicted molar refractivity (Wildman–Crippen MR) is 54.9 cm³/mol. The Morgan fingerprint density at radius 2 is 2.33 bits per heavy atom. The van der Waals surface area contributed by atoms with Gasteiger partial charge < -0.3 is 4.74 Å². The van der Waals surface area contributed by atoms with E-state index in [4.69, 9.17) is 11.6 Å². The van der Waals surface area contributed by atoms with Gasteiger partial charge in [0.15, 0.2) is 0 Å². The van der Waals surface area contributed by atoms with Gasteiger partial charge in [-0.05, 0) is 25.1 Å². The van der Waals surface area contributed by atoms with Crippen molar-refractivity contribution in [2.24, 2.45) is 0 Å². The second-order valence-corrected chi connectivity index (χ2v) is 3.03. The molecule has 2 nitrogen and oxygen atoms in total. The first kappa shape index (κ1) is 11.5. The monoisotopic (exact) mass is 226 g/mol. The fraction of sp³-hybridized carbons (Fsp3) is 0.182. The molecule has 4 heteroatoms. The van der Waals surface area contributed by atoms with Crippen molar-refractivity contribution in [2.45, 2.75) is 6.92 Å². The second-order valence-electron chi connectivity index (χ2n) is 2.59. The number of halogens is 2. The van der Waals surface area contributed by atoms with Gasteiger partial charge in [0.25, 0.3) is 0 Å². The average molecular weight is 227 g/mol. The Bertz CT molecular complexity index is 432. The summed E-state index contributed by atoms with van der Waals surface area (Å²) in [7, 11) is 0. The number of rotatable bonds is 1. The molecule has 0 aromatic heterocycles. The number of esters is 1. The van der Waals surface area contributed by atoms with Gasteiger partial charge in [0, 0.05) is 10.9 Å². The van der Waals surface area contributed by atoms with Crippen molar-refractivity contribution < 1.29 is 13.9 Å². The van der Waals surface area contributed by atoms with Gasteiger partial charge in [0.1, 0.15) is 5.82 Å². The first-order chi connectivity index (χ1) is 7.13. The highest BCUT2D eigenvalue weighted by molar-refractivity contribution is 6.30. The van der Waals surface area contributed by atoms with Gasteiger partial charge in [-0.15, -0.1) is 0 Å².